The summed E-state index contributed by atoms with van der Waals surface area (Å²) in [5.74, 6) is 1.63. The number of hydrogen-bond donors (Lipinski definition) is 2. The Kier molecular flexibility index (Phi) is 5.78. The first-order chi connectivity index (χ1) is 12.7. The molecule has 26 heavy (non-hydrogen) atoms. The van der Waals surface area contributed by atoms with E-state index >= 15 is 0 Å². The Hall–Kier alpha value is -2.53. The van der Waals surface area contributed by atoms with Crippen LogP contribution in [0.15, 0.2) is 48.5 Å². The fraction of sp³-hybridized carbons (Fsp3) is 0.381. The highest BCUT2D eigenvalue weighted by atomic mass is 16.5. The lowest BCUT2D eigenvalue weighted by Crippen LogP contribution is -2.42. The molecule has 1 aliphatic heterocycles. The van der Waals surface area contributed by atoms with Crippen LogP contribution in [0.1, 0.15) is 35.2 Å². The number of unbranched alkanes of at least 4 members (excludes halogenated alkanes) is 1. The normalized spacial score (nSPS) is 18.1. The van der Waals surface area contributed by atoms with Gasteiger partial charge in [-0.25, -0.2) is 0 Å². The standard InChI is InChI=1S/C21H26N2O3/c1-25-18-10-8-16(9-11-18)20(24)23-13-5-4-12-21(15-22)14-17-6-2-3-7-19(17)26-21/h2-3,6-11H,4-5,12-15,22H2,1H3,(H,23,24). The monoisotopic (exact) mass is 354 g/mol. The molecule has 0 aliphatic carbocycles. The Labute approximate surface area is 154 Å². The van der Waals surface area contributed by atoms with Gasteiger partial charge in [-0.05, 0) is 55.2 Å². The molecule has 0 saturated carbocycles. The number of benzene rings is 2. The van der Waals surface area contributed by atoms with Gasteiger partial charge in [-0.15, -0.1) is 0 Å². The van der Waals surface area contributed by atoms with Crippen LogP contribution < -0.4 is 20.5 Å². The van der Waals surface area contributed by atoms with Crippen molar-refractivity contribution in [2.24, 2.45) is 5.73 Å². The van der Waals surface area contributed by atoms with Gasteiger partial charge in [-0.3, -0.25) is 4.79 Å². The first-order valence-electron chi connectivity index (χ1n) is 9.05. The molecule has 0 aromatic heterocycles. The van der Waals surface area contributed by atoms with E-state index in [-0.39, 0.29) is 11.5 Å². The predicted octanol–water partition coefficient (Wildman–Crippen LogP) is 2.93. The third-order valence-corrected chi connectivity index (χ3v) is 4.88. The quantitative estimate of drug-likeness (QED) is 0.715. The maximum atomic E-state index is 12.1. The fourth-order valence-electron chi connectivity index (χ4n) is 3.34. The smallest absolute Gasteiger partial charge is 0.251 e. The lowest BCUT2D eigenvalue weighted by Gasteiger charge is -2.27. The van der Waals surface area contributed by atoms with Gasteiger partial charge in [0, 0.05) is 25.1 Å². The molecule has 3 rings (SSSR count). The summed E-state index contributed by atoms with van der Waals surface area (Å²) in [7, 11) is 1.61. The van der Waals surface area contributed by atoms with Crippen molar-refractivity contribution < 1.29 is 14.3 Å². The summed E-state index contributed by atoms with van der Waals surface area (Å²) >= 11 is 0. The van der Waals surface area contributed by atoms with E-state index in [0.29, 0.717) is 18.7 Å². The molecule has 0 spiro atoms. The molecule has 2 aromatic rings. The average molecular weight is 354 g/mol. The minimum Gasteiger partial charge on any atom is -0.497 e. The summed E-state index contributed by atoms with van der Waals surface area (Å²) in [4.78, 5) is 12.1. The maximum absolute atomic E-state index is 12.1. The Morgan fingerprint density at radius 1 is 1.19 bits per heavy atom. The summed E-state index contributed by atoms with van der Waals surface area (Å²) in [5.41, 5.74) is 7.57. The van der Waals surface area contributed by atoms with Gasteiger partial charge in [-0.1, -0.05) is 18.2 Å². The van der Waals surface area contributed by atoms with Gasteiger partial charge in [0.25, 0.3) is 5.91 Å². The molecule has 3 N–H and O–H groups in total. The molecule has 138 valence electrons. The minimum atomic E-state index is -0.302. The highest BCUT2D eigenvalue weighted by Crippen LogP contribution is 2.37. The van der Waals surface area contributed by atoms with Crippen LogP contribution in [0.25, 0.3) is 0 Å². The van der Waals surface area contributed by atoms with E-state index in [1.54, 1.807) is 31.4 Å². The van der Waals surface area contributed by atoms with E-state index in [4.69, 9.17) is 15.2 Å². The second kappa shape index (κ2) is 8.23. The highest BCUT2D eigenvalue weighted by molar-refractivity contribution is 5.94. The van der Waals surface area contributed by atoms with E-state index in [1.807, 2.05) is 18.2 Å². The second-order valence-electron chi connectivity index (χ2n) is 6.72. The largest absolute Gasteiger partial charge is 0.497 e. The van der Waals surface area contributed by atoms with Crippen LogP contribution in [0.4, 0.5) is 0 Å². The fourth-order valence-corrected chi connectivity index (χ4v) is 3.34. The van der Waals surface area contributed by atoms with Gasteiger partial charge in [0.2, 0.25) is 0 Å². The Bertz CT molecular complexity index is 718. The van der Waals surface area contributed by atoms with Crippen molar-refractivity contribution in [2.45, 2.75) is 31.3 Å². The maximum Gasteiger partial charge on any atom is 0.251 e. The molecule has 1 amide bonds. The van der Waals surface area contributed by atoms with Crippen molar-refractivity contribution >= 4 is 5.91 Å². The number of fused-ring (bicyclic) bond motifs is 1. The first-order valence-corrected chi connectivity index (χ1v) is 9.05. The van der Waals surface area contributed by atoms with Gasteiger partial charge < -0.3 is 20.5 Å². The van der Waals surface area contributed by atoms with Crippen LogP contribution in [0, 0.1) is 0 Å². The molecule has 0 fully saturated rings. The van der Waals surface area contributed by atoms with Gasteiger partial charge >= 0.3 is 0 Å². The number of nitrogens with one attached hydrogen (secondary N) is 1. The lowest BCUT2D eigenvalue weighted by molar-refractivity contribution is 0.0896. The molecule has 2 aromatic carbocycles. The molecule has 1 aliphatic rings. The third kappa shape index (κ3) is 4.17. The van der Waals surface area contributed by atoms with Crippen LogP contribution >= 0.6 is 0 Å². The zero-order valence-corrected chi connectivity index (χ0v) is 15.2. The molecule has 0 radical (unpaired) electrons. The molecular weight excluding hydrogens is 328 g/mol. The first kappa shape index (κ1) is 18.3. The van der Waals surface area contributed by atoms with Crippen LogP contribution in [-0.4, -0.2) is 31.7 Å². The van der Waals surface area contributed by atoms with Crippen LogP contribution in [-0.2, 0) is 6.42 Å². The number of carbonyl (C=O) groups excluding carboxylic acids is 1. The van der Waals surface area contributed by atoms with Crippen molar-refractivity contribution in [3.05, 3.63) is 59.7 Å². The number of amides is 1. The lowest BCUT2D eigenvalue weighted by atomic mass is 9.91. The molecule has 0 bridgehead atoms. The molecule has 1 atom stereocenters. The van der Waals surface area contributed by atoms with E-state index < -0.39 is 0 Å². The molecule has 1 heterocycles. The summed E-state index contributed by atoms with van der Waals surface area (Å²) < 4.78 is 11.2. The minimum absolute atomic E-state index is 0.0642. The van der Waals surface area contributed by atoms with Crippen molar-refractivity contribution in [3.63, 3.8) is 0 Å². The summed E-state index contributed by atoms with van der Waals surface area (Å²) in [6.07, 6.45) is 3.59. The van der Waals surface area contributed by atoms with Crippen LogP contribution in [0.2, 0.25) is 0 Å². The molecule has 5 nitrogen and oxygen atoms in total. The molecule has 1 unspecified atom stereocenters. The average Bonchev–Trinajstić information content (AvgIpc) is 3.06. The summed E-state index contributed by atoms with van der Waals surface area (Å²) in [6.45, 7) is 1.14. The number of hydrogen-bond acceptors (Lipinski definition) is 4. The van der Waals surface area contributed by atoms with Crippen molar-refractivity contribution in [3.8, 4) is 11.5 Å². The highest BCUT2D eigenvalue weighted by Gasteiger charge is 2.37. The number of rotatable bonds is 8. The van der Waals surface area contributed by atoms with E-state index in [2.05, 4.69) is 11.4 Å². The van der Waals surface area contributed by atoms with Gasteiger partial charge in [0.1, 0.15) is 17.1 Å². The number of nitrogens with two attached hydrogens (primary N) is 1. The van der Waals surface area contributed by atoms with Gasteiger partial charge in [0.05, 0.1) is 7.11 Å². The SMILES string of the molecule is COc1ccc(C(=O)NCCCCC2(CN)Cc3ccccc3O2)cc1. The van der Waals surface area contributed by atoms with Crippen LogP contribution in [0.3, 0.4) is 0 Å². The molecule has 5 heteroatoms. The molecule has 0 saturated heterocycles. The van der Waals surface area contributed by atoms with Crippen LogP contribution in [0.5, 0.6) is 11.5 Å². The zero-order valence-electron chi connectivity index (χ0n) is 15.2. The number of para-hydroxylation sites is 1. The second-order valence-corrected chi connectivity index (χ2v) is 6.72. The van der Waals surface area contributed by atoms with Crippen molar-refractivity contribution in [1.29, 1.82) is 0 Å². The zero-order chi connectivity index (χ0) is 18.4. The van der Waals surface area contributed by atoms with Crippen molar-refractivity contribution in [2.75, 3.05) is 20.2 Å². The van der Waals surface area contributed by atoms with E-state index in [0.717, 1.165) is 37.2 Å². The summed E-state index contributed by atoms with van der Waals surface area (Å²) in [6, 6.07) is 15.2. The molecular formula is C21H26N2O3. The number of methoxy groups -OCH3 is 1. The van der Waals surface area contributed by atoms with E-state index in [1.165, 1.54) is 5.56 Å². The van der Waals surface area contributed by atoms with Crippen molar-refractivity contribution in [1.82, 2.24) is 5.32 Å². The predicted molar refractivity (Wildman–Crippen MR) is 102 cm³/mol. The topological polar surface area (TPSA) is 73.6 Å². The number of carbonyl (C=O) groups is 1. The Morgan fingerprint density at radius 2 is 1.96 bits per heavy atom. The van der Waals surface area contributed by atoms with Gasteiger partial charge in [-0.2, -0.15) is 0 Å². The third-order valence-electron chi connectivity index (χ3n) is 4.88. The Morgan fingerprint density at radius 3 is 2.65 bits per heavy atom. The van der Waals surface area contributed by atoms with Gasteiger partial charge in [0.15, 0.2) is 0 Å². The van der Waals surface area contributed by atoms with E-state index in [9.17, 15) is 4.79 Å². The Balaban J connectivity index is 1.42. The number of ether oxygens (including phenoxy) is 2. The summed E-state index contributed by atoms with van der Waals surface area (Å²) in [5, 5.41) is 2.96.